The third-order valence-electron chi connectivity index (χ3n) is 12.4. The molecule has 0 bridgehead atoms. The smallest absolute Gasteiger partial charge is 0.462 e. The Morgan fingerprint density at radius 3 is 1.83 bits per heavy atom. The number of phosphoric ester groups is 2. The Morgan fingerprint density at radius 1 is 0.658 bits per heavy atom. The molecule has 0 amide bonds. The van der Waals surface area contributed by atoms with E-state index in [0.717, 1.165) is 94.2 Å². The summed E-state index contributed by atoms with van der Waals surface area (Å²) in [5.74, 6) is -1.39. The molecular formula is C55H89N3O16P2. The van der Waals surface area contributed by atoms with E-state index in [1.165, 1.54) is 51.0 Å². The van der Waals surface area contributed by atoms with Crippen molar-refractivity contribution in [3.05, 3.63) is 95.7 Å². The molecule has 1 aromatic rings. The number of allylic oxidation sites excluding steroid dienone is 11. The van der Waals surface area contributed by atoms with Gasteiger partial charge in [-0.05, 0) is 89.5 Å². The average Bonchev–Trinajstić information content (AvgIpc) is 4.07. The third-order valence-corrected chi connectivity index (χ3v) is 15.0. The lowest BCUT2D eigenvalue weighted by atomic mass is 10.1. The topological polar surface area (TPSA) is 278 Å². The van der Waals surface area contributed by atoms with E-state index in [0.29, 0.717) is 31.5 Å². The largest absolute Gasteiger partial charge is 0.481 e. The van der Waals surface area contributed by atoms with Gasteiger partial charge in [-0.15, -0.1) is 0 Å². The van der Waals surface area contributed by atoms with E-state index in [4.69, 9.17) is 33.7 Å². The van der Waals surface area contributed by atoms with Crippen LogP contribution in [0.15, 0.2) is 90.0 Å². The fourth-order valence-electron chi connectivity index (χ4n) is 8.05. The van der Waals surface area contributed by atoms with E-state index in [-0.39, 0.29) is 18.7 Å². The molecule has 1 aromatic heterocycles. The van der Waals surface area contributed by atoms with Crippen LogP contribution < -0.4 is 11.4 Å². The molecule has 2 aliphatic heterocycles. The first-order valence-electron chi connectivity index (χ1n) is 27.6. The van der Waals surface area contributed by atoms with Gasteiger partial charge in [0.05, 0.1) is 25.4 Å². The summed E-state index contributed by atoms with van der Waals surface area (Å²) >= 11 is 0. The molecule has 0 radical (unpaired) electrons. The second-order valence-electron chi connectivity index (χ2n) is 19.1. The number of hydrogen-bond donors (Lipinski definition) is 5. The zero-order chi connectivity index (χ0) is 55.3. The molecule has 6 N–H and O–H groups in total. The maximum atomic E-state index is 12.9. The average molecular weight is 1110 g/mol. The van der Waals surface area contributed by atoms with E-state index in [1.54, 1.807) is 0 Å². The van der Waals surface area contributed by atoms with Crippen molar-refractivity contribution in [2.45, 2.75) is 217 Å². The first kappa shape index (κ1) is 66.4. The van der Waals surface area contributed by atoms with Gasteiger partial charge >= 0.3 is 33.3 Å². The number of aromatic nitrogens is 2. The Morgan fingerprint density at radius 2 is 1.20 bits per heavy atom. The van der Waals surface area contributed by atoms with Crippen LogP contribution >= 0.6 is 15.6 Å². The number of epoxide rings is 1. The quantitative estimate of drug-likeness (QED) is 0.0133. The lowest BCUT2D eigenvalue weighted by Crippen LogP contribution is -2.36. The minimum atomic E-state index is -5.45. The van der Waals surface area contributed by atoms with E-state index >= 15 is 0 Å². The summed E-state index contributed by atoms with van der Waals surface area (Å²) in [4.78, 5) is 62.1. The number of anilines is 1. The fraction of sp³-hybridized carbons (Fsp3) is 0.673. The molecule has 0 aliphatic carbocycles. The first-order valence-corrected chi connectivity index (χ1v) is 30.6. The number of unbranched alkanes of at least 4 members (excludes halogenated alkanes) is 13. The van der Waals surface area contributed by atoms with Crippen molar-refractivity contribution >= 4 is 33.4 Å². The van der Waals surface area contributed by atoms with Crippen LogP contribution in [0.3, 0.4) is 0 Å². The Labute approximate surface area is 450 Å². The third kappa shape index (κ3) is 30.9. The van der Waals surface area contributed by atoms with Crippen LogP contribution in [0.25, 0.3) is 0 Å². The zero-order valence-electron chi connectivity index (χ0n) is 45.0. The summed E-state index contributed by atoms with van der Waals surface area (Å²) in [5, 5.41) is 20.9. The van der Waals surface area contributed by atoms with Gasteiger partial charge in [0.2, 0.25) is 0 Å². The minimum absolute atomic E-state index is 0.0181. The Hall–Kier alpha value is -3.84. The minimum Gasteiger partial charge on any atom is -0.462 e. The summed E-state index contributed by atoms with van der Waals surface area (Å²) < 4.78 is 62.6. The Balaban J connectivity index is 1.39. The van der Waals surface area contributed by atoms with E-state index < -0.39 is 83.7 Å². The van der Waals surface area contributed by atoms with Crippen LogP contribution in [0.1, 0.15) is 181 Å². The first-order chi connectivity index (χ1) is 36.6. The van der Waals surface area contributed by atoms with Crippen LogP contribution in [0, 0.1) is 0 Å². The molecule has 0 aromatic carbocycles. The standard InChI is InChI=1S/C55H89N3O16P2/c1-3-5-7-8-9-10-11-12-13-14-15-16-17-18-19-20-25-28-31-35-39-51(60)71-45(42-68-50(59)38-34-30-27-24-22-21-23-26-29-33-37-47-46(72-47)36-32-6-4-2)43-69-75(64,65)74-76(66,67)70-44-48-52(61)53(62)54(73-48)58-41-40-49(56)57-55(58)63/h10-11,13-14,16-17,21,23-24,27,29,33,40-41,45-48,52-54,61-62H,3-9,12,15,18-20,22,25-26,28,30-32,34-39,42-44H2,1-2H3,(H,64,65)(H,66,67)(H2,56,57,63)/b11-10-,14-13-,17-16-,23-21-,27-24-,33-29-/t45-,46?,47?,48-,52-,53-,54-/m1/s1. The van der Waals surface area contributed by atoms with Crippen LogP contribution in [0.5, 0.6) is 0 Å². The van der Waals surface area contributed by atoms with Gasteiger partial charge in [-0.25, -0.2) is 13.9 Å². The van der Waals surface area contributed by atoms with Crippen molar-refractivity contribution in [2.75, 3.05) is 25.6 Å². The van der Waals surface area contributed by atoms with E-state index in [2.05, 4.69) is 83.9 Å². The maximum absolute atomic E-state index is 12.9. The molecule has 21 heteroatoms. The molecule has 3 heterocycles. The van der Waals surface area contributed by atoms with Gasteiger partial charge in [0.1, 0.15) is 30.7 Å². The Bertz CT molecular complexity index is 2130. The molecule has 2 saturated heterocycles. The van der Waals surface area contributed by atoms with Crippen molar-refractivity contribution in [1.82, 2.24) is 9.55 Å². The summed E-state index contributed by atoms with van der Waals surface area (Å²) in [6.07, 6.45) is 42.9. The molecule has 76 heavy (non-hydrogen) atoms. The van der Waals surface area contributed by atoms with Crippen molar-refractivity contribution in [3.8, 4) is 0 Å². The predicted molar refractivity (Wildman–Crippen MR) is 293 cm³/mol. The number of rotatable bonds is 44. The number of nitrogens with two attached hydrogens (primary N) is 1. The molecule has 2 fully saturated rings. The maximum Gasteiger partial charge on any atom is 0.481 e. The normalized spacial score (nSPS) is 21.9. The van der Waals surface area contributed by atoms with Crippen molar-refractivity contribution in [3.63, 3.8) is 0 Å². The number of carbonyl (C=O) groups excluding carboxylic acids is 2. The van der Waals surface area contributed by atoms with Crippen molar-refractivity contribution in [1.29, 1.82) is 0 Å². The molecule has 430 valence electrons. The summed E-state index contributed by atoms with van der Waals surface area (Å²) in [5.41, 5.74) is 4.59. The number of ether oxygens (including phenoxy) is 4. The number of aliphatic hydroxyl groups excluding tert-OH is 2. The number of hydrogen-bond acceptors (Lipinski definition) is 16. The number of aliphatic hydroxyl groups is 2. The highest BCUT2D eigenvalue weighted by Crippen LogP contribution is 2.60. The molecule has 3 rings (SSSR count). The molecule has 2 aliphatic rings. The van der Waals surface area contributed by atoms with Crippen LogP contribution in [-0.4, -0.2) is 97.9 Å². The van der Waals surface area contributed by atoms with Gasteiger partial charge in [0, 0.05) is 19.0 Å². The number of nitrogens with zero attached hydrogens (tertiary/aromatic N) is 2. The second-order valence-corrected chi connectivity index (χ2v) is 22.2. The lowest BCUT2D eigenvalue weighted by molar-refractivity contribution is -0.161. The van der Waals surface area contributed by atoms with Crippen molar-refractivity contribution in [2.24, 2.45) is 0 Å². The number of esters is 2. The summed E-state index contributed by atoms with van der Waals surface area (Å²) in [7, 11) is -10.9. The lowest BCUT2D eigenvalue weighted by Gasteiger charge is -2.21. The highest BCUT2D eigenvalue weighted by molar-refractivity contribution is 7.61. The van der Waals surface area contributed by atoms with Crippen LogP contribution in [0.2, 0.25) is 0 Å². The van der Waals surface area contributed by atoms with Gasteiger partial charge in [-0.2, -0.15) is 9.29 Å². The highest BCUT2D eigenvalue weighted by Gasteiger charge is 2.46. The second kappa shape index (κ2) is 39.5. The van der Waals surface area contributed by atoms with E-state index in [9.17, 15) is 43.5 Å². The molecule has 0 saturated carbocycles. The Kier molecular flexibility index (Phi) is 34.5. The molecule has 0 spiro atoms. The van der Waals surface area contributed by atoms with Gasteiger partial charge in [0.15, 0.2) is 12.3 Å². The van der Waals surface area contributed by atoms with Gasteiger partial charge in [0.25, 0.3) is 0 Å². The zero-order valence-corrected chi connectivity index (χ0v) is 46.8. The molecular weight excluding hydrogens is 1020 g/mol. The summed E-state index contributed by atoms with van der Waals surface area (Å²) in [6.45, 7) is 2.05. The van der Waals surface area contributed by atoms with Gasteiger partial charge < -0.3 is 44.7 Å². The van der Waals surface area contributed by atoms with Gasteiger partial charge in [-0.1, -0.05) is 151 Å². The van der Waals surface area contributed by atoms with Crippen LogP contribution in [-0.2, 0) is 51.0 Å². The molecule has 19 nitrogen and oxygen atoms in total. The van der Waals surface area contributed by atoms with Crippen molar-refractivity contribution < 1.29 is 71.0 Å². The number of nitrogen functional groups attached to an aromatic ring is 1. The molecule has 9 atom stereocenters. The number of phosphoric acid groups is 2. The monoisotopic (exact) mass is 1110 g/mol. The van der Waals surface area contributed by atoms with Gasteiger partial charge in [-0.3, -0.25) is 23.2 Å². The fourth-order valence-corrected chi connectivity index (χ4v) is 10.2. The van der Waals surface area contributed by atoms with E-state index in [1.807, 2.05) is 12.2 Å². The summed E-state index contributed by atoms with van der Waals surface area (Å²) in [6, 6.07) is 1.24. The number of carbonyl (C=O) groups is 2. The predicted octanol–water partition coefficient (Wildman–Crippen LogP) is 11.0. The van der Waals surface area contributed by atoms with Crippen LogP contribution in [0.4, 0.5) is 5.82 Å². The SMILES string of the molecule is CCCCCC/C=C\C/C=C\C/C=C\CCCCCCCCC(=O)O[C@H](COC(=O)CCC/C=C\C/C=C\C/C=C\CC1OC1CCCCC)COP(=O)(O)OP(=O)(O)OC[C@H]1O[C@@H](n2ccc(N)nc2=O)[C@H](O)[C@@H]1O. The molecule has 4 unspecified atom stereocenters. The highest BCUT2D eigenvalue weighted by atomic mass is 31.3.